The number of anilines is 1. The standard InChI is InChI=1S/C14H15FIN3/c1-8(2)12-11(16)14(17-3)19-13(18-12)9-4-6-10(15)7-5-9/h4-8H,1-3H3,(H,17,18,19). The van der Waals surface area contributed by atoms with Gasteiger partial charge in [0.25, 0.3) is 0 Å². The second-order valence-corrected chi connectivity index (χ2v) is 5.59. The molecule has 19 heavy (non-hydrogen) atoms. The molecule has 0 saturated carbocycles. The van der Waals surface area contributed by atoms with Crippen LogP contribution >= 0.6 is 22.6 Å². The van der Waals surface area contributed by atoms with Crippen LogP contribution < -0.4 is 5.32 Å². The van der Waals surface area contributed by atoms with Crippen molar-refractivity contribution in [2.75, 3.05) is 12.4 Å². The molecule has 0 amide bonds. The lowest BCUT2D eigenvalue weighted by molar-refractivity contribution is 0.628. The molecule has 5 heteroatoms. The number of nitrogens with zero attached hydrogens (tertiary/aromatic N) is 2. The van der Waals surface area contributed by atoms with Crippen LogP contribution in [0.3, 0.4) is 0 Å². The lowest BCUT2D eigenvalue weighted by atomic mass is 10.1. The quantitative estimate of drug-likeness (QED) is 0.828. The number of nitrogens with one attached hydrogen (secondary N) is 1. The highest BCUT2D eigenvalue weighted by molar-refractivity contribution is 14.1. The Morgan fingerprint density at radius 3 is 2.32 bits per heavy atom. The number of benzene rings is 1. The molecular weight excluding hydrogens is 356 g/mol. The molecule has 1 aromatic carbocycles. The first-order valence-electron chi connectivity index (χ1n) is 6.04. The summed E-state index contributed by atoms with van der Waals surface area (Å²) in [4.78, 5) is 9.08. The summed E-state index contributed by atoms with van der Waals surface area (Å²) in [5.74, 6) is 1.47. The summed E-state index contributed by atoms with van der Waals surface area (Å²) in [7, 11) is 1.84. The van der Waals surface area contributed by atoms with E-state index in [1.165, 1.54) is 12.1 Å². The second-order valence-electron chi connectivity index (χ2n) is 4.51. The Labute approximate surface area is 125 Å². The van der Waals surface area contributed by atoms with E-state index in [-0.39, 0.29) is 5.82 Å². The summed E-state index contributed by atoms with van der Waals surface area (Å²) in [6, 6.07) is 6.23. The van der Waals surface area contributed by atoms with E-state index in [4.69, 9.17) is 0 Å². The summed E-state index contributed by atoms with van der Waals surface area (Å²) >= 11 is 2.25. The topological polar surface area (TPSA) is 37.8 Å². The molecule has 1 N–H and O–H groups in total. The molecule has 1 aromatic heterocycles. The van der Waals surface area contributed by atoms with Crippen LogP contribution in [0.4, 0.5) is 10.2 Å². The van der Waals surface area contributed by atoms with Crippen LogP contribution in [0.5, 0.6) is 0 Å². The van der Waals surface area contributed by atoms with E-state index >= 15 is 0 Å². The Bertz CT molecular complexity index is 582. The zero-order valence-electron chi connectivity index (χ0n) is 11.0. The zero-order chi connectivity index (χ0) is 14.0. The first-order valence-corrected chi connectivity index (χ1v) is 7.12. The predicted molar refractivity (Wildman–Crippen MR) is 83.8 cm³/mol. The minimum Gasteiger partial charge on any atom is -0.372 e. The van der Waals surface area contributed by atoms with Gasteiger partial charge in [0.05, 0.1) is 9.26 Å². The molecule has 3 nitrogen and oxygen atoms in total. The van der Waals surface area contributed by atoms with E-state index in [1.807, 2.05) is 7.05 Å². The van der Waals surface area contributed by atoms with Gasteiger partial charge in [-0.15, -0.1) is 0 Å². The normalized spacial score (nSPS) is 10.8. The summed E-state index contributed by atoms with van der Waals surface area (Å²) in [5.41, 5.74) is 1.82. The zero-order valence-corrected chi connectivity index (χ0v) is 13.2. The Hall–Kier alpha value is -1.24. The van der Waals surface area contributed by atoms with Crippen LogP contribution in [0.1, 0.15) is 25.5 Å². The third kappa shape index (κ3) is 3.02. The summed E-state index contributed by atoms with van der Waals surface area (Å²) in [5, 5.41) is 3.08. The van der Waals surface area contributed by atoms with Crippen molar-refractivity contribution >= 4 is 28.4 Å². The van der Waals surface area contributed by atoms with Crippen molar-refractivity contribution in [3.63, 3.8) is 0 Å². The lowest BCUT2D eigenvalue weighted by Gasteiger charge is -2.13. The van der Waals surface area contributed by atoms with Gasteiger partial charge in [-0.1, -0.05) is 13.8 Å². The molecule has 0 unspecified atom stereocenters. The molecule has 2 aromatic rings. The van der Waals surface area contributed by atoms with Gasteiger partial charge in [-0.2, -0.15) is 0 Å². The van der Waals surface area contributed by atoms with Gasteiger partial charge in [-0.05, 0) is 52.8 Å². The minimum absolute atomic E-state index is 0.257. The number of hydrogen-bond donors (Lipinski definition) is 1. The largest absolute Gasteiger partial charge is 0.372 e. The van der Waals surface area contributed by atoms with Gasteiger partial charge in [0.15, 0.2) is 5.82 Å². The van der Waals surface area contributed by atoms with Crippen molar-refractivity contribution in [1.29, 1.82) is 0 Å². The van der Waals surface area contributed by atoms with Crippen molar-refractivity contribution in [2.24, 2.45) is 0 Å². The van der Waals surface area contributed by atoms with Gasteiger partial charge in [-0.25, -0.2) is 14.4 Å². The van der Waals surface area contributed by atoms with Crippen LogP contribution in [0.15, 0.2) is 24.3 Å². The number of aromatic nitrogens is 2. The van der Waals surface area contributed by atoms with E-state index in [9.17, 15) is 4.39 Å². The molecule has 0 radical (unpaired) electrons. The van der Waals surface area contributed by atoms with E-state index in [2.05, 4.69) is 51.7 Å². The highest BCUT2D eigenvalue weighted by Crippen LogP contribution is 2.28. The molecule has 2 rings (SSSR count). The van der Waals surface area contributed by atoms with Crippen LogP contribution in [0, 0.1) is 9.39 Å². The Morgan fingerprint density at radius 1 is 1.16 bits per heavy atom. The van der Waals surface area contributed by atoms with Crippen LogP contribution in [0.25, 0.3) is 11.4 Å². The molecule has 1 heterocycles. The molecule has 0 fully saturated rings. The lowest BCUT2D eigenvalue weighted by Crippen LogP contribution is -2.06. The van der Waals surface area contributed by atoms with Gasteiger partial charge in [0.2, 0.25) is 0 Å². The van der Waals surface area contributed by atoms with E-state index in [1.54, 1.807) is 12.1 Å². The predicted octanol–water partition coefficient (Wildman–Crippen LogP) is 4.05. The number of hydrogen-bond acceptors (Lipinski definition) is 3. The smallest absolute Gasteiger partial charge is 0.161 e. The molecule has 0 aliphatic rings. The first kappa shape index (κ1) is 14.2. The van der Waals surface area contributed by atoms with Crippen LogP contribution in [0.2, 0.25) is 0 Å². The average molecular weight is 371 g/mol. The molecule has 0 aliphatic carbocycles. The maximum atomic E-state index is 13.0. The fourth-order valence-corrected chi connectivity index (χ4v) is 2.87. The summed E-state index contributed by atoms with van der Waals surface area (Å²) in [6.45, 7) is 4.19. The van der Waals surface area contributed by atoms with E-state index in [0.29, 0.717) is 11.7 Å². The van der Waals surface area contributed by atoms with E-state index < -0.39 is 0 Å². The third-order valence-corrected chi connectivity index (χ3v) is 3.83. The van der Waals surface area contributed by atoms with Gasteiger partial charge >= 0.3 is 0 Å². The summed E-state index contributed by atoms with van der Waals surface area (Å²) in [6.07, 6.45) is 0. The third-order valence-electron chi connectivity index (χ3n) is 2.76. The number of halogens is 2. The van der Waals surface area contributed by atoms with Gasteiger partial charge in [0.1, 0.15) is 11.6 Å². The van der Waals surface area contributed by atoms with Crippen molar-refractivity contribution in [3.8, 4) is 11.4 Å². The monoisotopic (exact) mass is 371 g/mol. The Morgan fingerprint density at radius 2 is 1.79 bits per heavy atom. The van der Waals surface area contributed by atoms with E-state index in [0.717, 1.165) is 20.6 Å². The second kappa shape index (κ2) is 5.81. The fourth-order valence-electron chi connectivity index (χ4n) is 1.74. The highest BCUT2D eigenvalue weighted by Gasteiger charge is 2.15. The molecule has 100 valence electrons. The van der Waals surface area contributed by atoms with Crippen molar-refractivity contribution < 1.29 is 4.39 Å². The number of rotatable bonds is 3. The van der Waals surface area contributed by atoms with Gasteiger partial charge in [0, 0.05) is 12.6 Å². The molecule has 0 bridgehead atoms. The first-order chi connectivity index (χ1) is 9.02. The highest BCUT2D eigenvalue weighted by atomic mass is 127. The van der Waals surface area contributed by atoms with Crippen LogP contribution in [-0.2, 0) is 0 Å². The Balaban J connectivity index is 2.57. The van der Waals surface area contributed by atoms with Crippen molar-refractivity contribution in [3.05, 3.63) is 39.3 Å². The maximum absolute atomic E-state index is 13.0. The SMILES string of the molecule is CNc1nc(-c2ccc(F)cc2)nc(C(C)C)c1I. The van der Waals surface area contributed by atoms with Crippen LogP contribution in [-0.4, -0.2) is 17.0 Å². The molecule has 0 aliphatic heterocycles. The minimum atomic E-state index is -0.257. The molecule has 0 spiro atoms. The van der Waals surface area contributed by atoms with Crippen molar-refractivity contribution in [2.45, 2.75) is 19.8 Å². The molecular formula is C14H15FIN3. The van der Waals surface area contributed by atoms with Gasteiger partial charge < -0.3 is 5.32 Å². The maximum Gasteiger partial charge on any atom is 0.161 e. The molecule has 0 atom stereocenters. The summed E-state index contributed by atoms with van der Waals surface area (Å²) < 4.78 is 14.0. The fraction of sp³-hybridized carbons (Fsp3) is 0.286. The van der Waals surface area contributed by atoms with Crippen molar-refractivity contribution in [1.82, 2.24) is 9.97 Å². The van der Waals surface area contributed by atoms with Gasteiger partial charge in [-0.3, -0.25) is 0 Å². The average Bonchev–Trinajstić information content (AvgIpc) is 2.39. The Kier molecular flexibility index (Phi) is 4.34. The molecule has 0 saturated heterocycles.